The molecular weight excluding hydrogens is 298 g/mol. The predicted octanol–water partition coefficient (Wildman–Crippen LogP) is 2.72. The Bertz CT molecular complexity index is 675. The summed E-state index contributed by atoms with van der Waals surface area (Å²) < 4.78 is 5.49. The van der Waals surface area contributed by atoms with Gasteiger partial charge in [-0.15, -0.1) is 0 Å². The van der Waals surface area contributed by atoms with Crippen molar-refractivity contribution in [2.45, 2.75) is 12.6 Å². The summed E-state index contributed by atoms with van der Waals surface area (Å²) in [4.78, 5) is 2.48. The molecule has 124 valence electrons. The van der Waals surface area contributed by atoms with Crippen LogP contribution in [0.4, 0.5) is 0 Å². The van der Waals surface area contributed by atoms with E-state index in [2.05, 4.69) is 52.7 Å². The smallest absolute Gasteiger partial charge is 0.0991 e. The average molecular weight is 321 g/mol. The second-order valence-electron chi connectivity index (χ2n) is 6.02. The van der Waals surface area contributed by atoms with Gasteiger partial charge in [0.2, 0.25) is 0 Å². The number of nitriles is 1. The van der Waals surface area contributed by atoms with Gasteiger partial charge in [-0.3, -0.25) is 4.90 Å². The second kappa shape index (κ2) is 8.60. The van der Waals surface area contributed by atoms with Crippen molar-refractivity contribution in [2.24, 2.45) is 0 Å². The van der Waals surface area contributed by atoms with Gasteiger partial charge < -0.3 is 10.1 Å². The lowest BCUT2D eigenvalue weighted by molar-refractivity contribution is 0.0161. The van der Waals surface area contributed by atoms with Crippen LogP contribution in [0.15, 0.2) is 54.6 Å². The molecule has 4 nitrogen and oxygen atoms in total. The van der Waals surface area contributed by atoms with E-state index < -0.39 is 0 Å². The molecule has 2 aromatic rings. The third-order valence-electron chi connectivity index (χ3n) is 4.39. The third kappa shape index (κ3) is 4.42. The van der Waals surface area contributed by atoms with Crippen LogP contribution in [0.1, 0.15) is 22.7 Å². The summed E-state index contributed by atoms with van der Waals surface area (Å²) in [7, 11) is 0. The van der Waals surface area contributed by atoms with Gasteiger partial charge in [0.05, 0.1) is 24.8 Å². The molecule has 1 aliphatic heterocycles. The molecule has 1 aliphatic rings. The maximum atomic E-state index is 9.01. The first-order valence-corrected chi connectivity index (χ1v) is 8.43. The third-order valence-corrected chi connectivity index (χ3v) is 4.39. The van der Waals surface area contributed by atoms with Crippen LogP contribution in [0.25, 0.3) is 0 Å². The molecule has 1 saturated heterocycles. The van der Waals surface area contributed by atoms with Crippen LogP contribution in [-0.2, 0) is 11.3 Å². The van der Waals surface area contributed by atoms with Gasteiger partial charge >= 0.3 is 0 Å². The molecule has 0 radical (unpaired) electrons. The zero-order valence-electron chi connectivity index (χ0n) is 13.8. The molecule has 24 heavy (non-hydrogen) atoms. The van der Waals surface area contributed by atoms with Gasteiger partial charge in [0.1, 0.15) is 0 Å². The van der Waals surface area contributed by atoms with Gasteiger partial charge in [-0.1, -0.05) is 42.5 Å². The van der Waals surface area contributed by atoms with Gasteiger partial charge in [-0.05, 0) is 23.3 Å². The Morgan fingerprint density at radius 2 is 1.88 bits per heavy atom. The number of ether oxygens (including phenoxy) is 1. The summed E-state index contributed by atoms with van der Waals surface area (Å²) in [5.41, 5.74) is 3.18. The van der Waals surface area contributed by atoms with Crippen LogP contribution in [0, 0.1) is 11.3 Å². The number of hydrogen-bond donors (Lipinski definition) is 1. The van der Waals surface area contributed by atoms with Crippen molar-refractivity contribution in [2.75, 3.05) is 32.8 Å². The molecule has 0 aliphatic carbocycles. The number of benzene rings is 2. The van der Waals surface area contributed by atoms with Crippen molar-refractivity contribution in [1.82, 2.24) is 10.2 Å². The van der Waals surface area contributed by atoms with Crippen LogP contribution < -0.4 is 5.32 Å². The molecule has 1 heterocycles. The zero-order chi connectivity index (χ0) is 16.6. The lowest BCUT2D eigenvalue weighted by atomic mass is 10.0. The highest BCUT2D eigenvalue weighted by atomic mass is 16.5. The Morgan fingerprint density at radius 3 is 2.62 bits per heavy atom. The molecule has 0 aromatic heterocycles. The molecule has 0 bridgehead atoms. The molecule has 0 unspecified atom stereocenters. The number of nitrogens with zero attached hydrogens (tertiary/aromatic N) is 2. The molecule has 1 fully saturated rings. The van der Waals surface area contributed by atoms with Crippen molar-refractivity contribution in [3.8, 4) is 6.07 Å². The summed E-state index contributed by atoms with van der Waals surface area (Å²) in [5, 5.41) is 12.6. The van der Waals surface area contributed by atoms with E-state index in [0.717, 1.165) is 45.0 Å². The minimum Gasteiger partial charge on any atom is -0.379 e. The Morgan fingerprint density at radius 1 is 1.08 bits per heavy atom. The molecular formula is C20H23N3O. The number of morpholine rings is 1. The Hall–Kier alpha value is -2.19. The first-order chi connectivity index (χ1) is 11.9. The van der Waals surface area contributed by atoms with Crippen molar-refractivity contribution >= 4 is 0 Å². The highest BCUT2D eigenvalue weighted by Gasteiger charge is 2.22. The summed E-state index contributed by atoms with van der Waals surface area (Å²) in [6, 6.07) is 20.9. The number of hydrogen-bond acceptors (Lipinski definition) is 4. The van der Waals surface area contributed by atoms with Crippen LogP contribution in [-0.4, -0.2) is 37.7 Å². The molecule has 1 atom stereocenters. The molecule has 1 N–H and O–H groups in total. The summed E-state index contributed by atoms with van der Waals surface area (Å²) in [5.74, 6) is 0. The topological polar surface area (TPSA) is 48.3 Å². The van der Waals surface area contributed by atoms with E-state index in [4.69, 9.17) is 10.00 Å². The summed E-state index contributed by atoms with van der Waals surface area (Å²) >= 11 is 0. The van der Waals surface area contributed by atoms with Crippen molar-refractivity contribution in [3.63, 3.8) is 0 Å². The molecule has 0 spiro atoms. The Labute approximate surface area is 143 Å². The van der Waals surface area contributed by atoms with Crippen molar-refractivity contribution < 1.29 is 4.74 Å². The Balaban J connectivity index is 1.64. The molecule has 0 saturated carbocycles. The Kier molecular flexibility index (Phi) is 5.97. The standard InChI is InChI=1S/C20H23N3O/c21-14-17-5-4-6-18(13-17)15-22-16-20(19-7-2-1-3-8-19)23-9-11-24-12-10-23/h1-8,13,20,22H,9-12,15-16H2/t20-/m0/s1. The average Bonchev–Trinajstić information content (AvgIpc) is 2.67. The van der Waals surface area contributed by atoms with E-state index in [9.17, 15) is 0 Å². The highest BCUT2D eigenvalue weighted by molar-refractivity contribution is 5.32. The summed E-state index contributed by atoms with van der Waals surface area (Å²) in [6.45, 7) is 5.17. The predicted molar refractivity (Wildman–Crippen MR) is 94.4 cm³/mol. The van der Waals surface area contributed by atoms with Crippen molar-refractivity contribution in [3.05, 3.63) is 71.3 Å². The van der Waals surface area contributed by atoms with E-state index in [-0.39, 0.29) is 0 Å². The normalized spacial score (nSPS) is 16.5. The lowest BCUT2D eigenvalue weighted by Crippen LogP contribution is -2.42. The first-order valence-electron chi connectivity index (χ1n) is 8.43. The van der Waals surface area contributed by atoms with E-state index in [0.29, 0.717) is 11.6 Å². The number of rotatable bonds is 6. The quantitative estimate of drug-likeness (QED) is 0.889. The summed E-state index contributed by atoms with van der Waals surface area (Å²) in [6.07, 6.45) is 0. The molecule has 0 amide bonds. The van der Waals surface area contributed by atoms with Gasteiger partial charge in [0.15, 0.2) is 0 Å². The fourth-order valence-electron chi connectivity index (χ4n) is 3.13. The van der Waals surface area contributed by atoms with Gasteiger partial charge in [0.25, 0.3) is 0 Å². The van der Waals surface area contributed by atoms with E-state index >= 15 is 0 Å². The maximum Gasteiger partial charge on any atom is 0.0991 e. The molecule has 4 heteroatoms. The lowest BCUT2D eigenvalue weighted by Gasteiger charge is -2.35. The maximum absolute atomic E-state index is 9.01. The van der Waals surface area contributed by atoms with E-state index in [1.165, 1.54) is 5.56 Å². The molecule has 2 aromatic carbocycles. The minimum atomic E-state index is 0.342. The van der Waals surface area contributed by atoms with Crippen LogP contribution >= 0.6 is 0 Å². The van der Waals surface area contributed by atoms with Gasteiger partial charge in [-0.2, -0.15) is 5.26 Å². The first kappa shape index (κ1) is 16.7. The van der Waals surface area contributed by atoms with Crippen LogP contribution in [0.3, 0.4) is 0 Å². The minimum absolute atomic E-state index is 0.342. The number of nitrogens with one attached hydrogen (secondary N) is 1. The van der Waals surface area contributed by atoms with Crippen LogP contribution in [0.5, 0.6) is 0 Å². The fraction of sp³-hybridized carbons (Fsp3) is 0.350. The van der Waals surface area contributed by atoms with Crippen LogP contribution in [0.2, 0.25) is 0 Å². The monoisotopic (exact) mass is 321 g/mol. The van der Waals surface area contributed by atoms with Gasteiger partial charge in [0, 0.05) is 32.2 Å². The van der Waals surface area contributed by atoms with Gasteiger partial charge in [-0.25, -0.2) is 0 Å². The zero-order valence-corrected chi connectivity index (χ0v) is 13.8. The fourth-order valence-corrected chi connectivity index (χ4v) is 3.13. The molecule has 3 rings (SSSR count). The SMILES string of the molecule is N#Cc1cccc(CNC[C@@H](c2ccccc2)N2CCOCC2)c1. The largest absolute Gasteiger partial charge is 0.379 e. The second-order valence-corrected chi connectivity index (χ2v) is 6.02. The van der Waals surface area contributed by atoms with E-state index in [1.54, 1.807) is 0 Å². The van der Waals surface area contributed by atoms with E-state index in [1.807, 2.05) is 18.2 Å². The highest BCUT2D eigenvalue weighted by Crippen LogP contribution is 2.21. The van der Waals surface area contributed by atoms with Crippen molar-refractivity contribution in [1.29, 1.82) is 5.26 Å².